The van der Waals surface area contributed by atoms with Crippen molar-refractivity contribution in [1.29, 1.82) is 0 Å². The highest BCUT2D eigenvalue weighted by atomic mass is 19.1. The lowest BCUT2D eigenvalue weighted by Gasteiger charge is -2.32. The summed E-state index contributed by atoms with van der Waals surface area (Å²) in [7, 11) is 0. The Morgan fingerprint density at radius 2 is 2.14 bits per heavy atom. The number of aromatic nitrogens is 2. The molecular weight excluding hydrogens is 469 g/mol. The van der Waals surface area contributed by atoms with E-state index >= 15 is 4.39 Å². The van der Waals surface area contributed by atoms with Crippen molar-refractivity contribution in [3.8, 4) is 0 Å². The smallest absolute Gasteiger partial charge is 0.408 e. The van der Waals surface area contributed by atoms with Gasteiger partial charge in [-0.25, -0.2) is 18.8 Å². The van der Waals surface area contributed by atoms with Crippen molar-refractivity contribution in [2.24, 2.45) is 11.0 Å². The Morgan fingerprint density at radius 3 is 2.66 bits per heavy atom. The number of amides is 1. The van der Waals surface area contributed by atoms with Gasteiger partial charge in [0.25, 0.3) is 0 Å². The Morgan fingerprint density at radius 1 is 1.49 bits per heavy atom. The number of aliphatic hydroxyl groups is 1. The van der Waals surface area contributed by atoms with Crippen LogP contribution in [0.3, 0.4) is 0 Å². The van der Waals surface area contributed by atoms with Crippen LogP contribution in [-0.4, -0.2) is 69.4 Å². The third-order valence-corrected chi connectivity index (χ3v) is 5.07. The van der Waals surface area contributed by atoms with E-state index in [0.29, 0.717) is 0 Å². The predicted molar refractivity (Wildman–Crippen MR) is 120 cm³/mol. The lowest BCUT2D eigenvalue weighted by molar-refractivity contribution is -0.170. The van der Waals surface area contributed by atoms with Crippen LogP contribution in [-0.2, 0) is 19.0 Å². The monoisotopic (exact) mass is 499 g/mol. The van der Waals surface area contributed by atoms with Crippen LogP contribution in [0.15, 0.2) is 22.2 Å². The normalized spacial score (nSPS) is 25.0. The fourth-order valence-corrected chi connectivity index (χ4v) is 3.40. The standard InChI is InChI=1S/C20H30FN7O7/c1-10(2)13(26-18(32)35-19(3,4)5)16(30)33-14-12(21)15(28-7-6-11(22)25-17(28)31)34-20(14,9-29)8-24-27-23/h6-7,10,12-15,29H,8-9H2,1-5H3,(H,26,32)(H2,22,25,31)/t12-,13+,14+,15-,20-/m1/s1. The number of rotatable bonds is 8. The number of hydrogen-bond donors (Lipinski definition) is 3. The number of nitrogen functional groups attached to an aromatic ring is 1. The maximum Gasteiger partial charge on any atom is 0.408 e. The minimum absolute atomic E-state index is 0.113. The molecule has 1 saturated heterocycles. The minimum atomic E-state index is -2.20. The molecule has 2 rings (SSSR count). The van der Waals surface area contributed by atoms with Gasteiger partial charge in [0.2, 0.25) is 0 Å². The molecule has 0 aliphatic carbocycles. The fourth-order valence-electron chi connectivity index (χ4n) is 3.40. The molecule has 194 valence electrons. The van der Waals surface area contributed by atoms with E-state index in [9.17, 15) is 19.5 Å². The summed E-state index contributed by atoms with van der Waals surface area (Å²) < 4.78 is 32.6. The summed E-state index contributed by atoms with van der Waals surface area (Å²) >= 11 is 0. The minimum Gasteiger partial charge on any atom is -0.454 e. The van der Waals surface area contributed by atoms with Crippen molar-refractivity contribution in [3.63, 3.8) is 0 Å². The number of hydrogen-bond acceptors (Lipinski definition) is 10. The molecule has 0 saturated carbocycles. The molecule has 2 heterocycles. The fraction of sp³-hybridized carbons (Fsp3) is 0.700. The molecule has 35 heavy (non-hydrogen) atoms. The maximum atomic E-state index is 15.7. The molecule has 4 N–H and O–H groups in total. The number of alkyl halides is 1. The van der Waals surface area contributed by atoms with Crippen LogP contribution in [0, 0.1) is 5.92 Å². The van der Waals surface area contributed by atoms with Gasteiger partial charge in [0, 0.05) is 11.1 Å². The average molecular weight is 500 g/mol. The maximum absolute atomic E-state index is 15.7. The third-order valence-electron chi connectivity index (χ3n) is 5.07. The topological polar surface area (TPSA) is 204 Å². The number of aliphatic hydroxyl groups excluding tert-OH is 1. The van der Waals surface area contributed by atoms with Gasteiger partial charge in [-0.2, -0.15) is 4.98 Å². The Hall–Kier alpha value is -3.42. The summed E-state index contributed by atoms with van der Waals surface area (Å²) in [5.41, 5.74) is 10.4. The molecule has 5 atom stereocenters. The van der Waals surface area contributed by atoms with Crippen molar-refractivity contribution in [2.75, 3.05) is 18.9 Å². The van der Waals surface area contributed by atoms with Crippen LogP contribution in [0.25, 0.3) is 10.4 Å². The van der Waals surface area contributed by atoms with Crippen LogP contribution in [0.1, 0.15) is 40.8 Å². The molecule has 1 aliphatic heterocycles. The quantitative estimate of drug-likeness (QED) is 0.203. The van der Waals surface area contributed by atoms with E-state index in [1.165, 1.54) is 6.07 Å². The summed E-state index contributed by atoms with van der Waals surface area (Å²) in [6.45, 7) is 6.59. The van der Waals surface area contributed by atoms with E-state index in [1.54, 1.807) is 34.6 Å². The van der Waals surface area contributed by atoms with Crippen LogP contribution in [0.4, 0.5) is 15.0 Å². The number of nitrogens with zero attached hydrogens (tertiary/aromatic N) is 5. The Labute approximate surface area is 200 Å². The van der Waals surface area contributed by atoms with Gasteiger partial charge in [0.1, 0.15) is 23.1 Å². The van der Waals surface area contributed by atoms with Gasteiger partial charge in [0.05, 0.1) is 13.2 Å². The second kappa shape index (κ2) is 10.9. The molecule has 0 aromatic carbocycles. The Balaban J connectivity index is 2.38. The lowest BCUT2D eigenvalue weighted by Crippen LogP contribution is -2.54. The second-order valence-electron chi connectivity index (χ2n) is 9.33. The molecule has 1 aromatic heterocycles. The number of nitrogens with one attached hydrogen (secondary N) is 1. The third kappa shape index (κ3) is 6.59. The summed E-state index contributed by atoms with van der Waals surface area (Å²) in [6, 6.07) is -0.0300. The zero-order chi connectivity index (χ0) is 26.6. The number of ether oxygens (including phenoxy) is 3. The number of azide groups is 1. The first kappa shape index (κ1) is 27.8. The highest BCUT2D eigenvalue weighted by Gasteiger charge is 2.59. The number of esters is 1. The van der Waals surface area contributed by atoms with Gasteiger partial charge in [0.15, 0.2) is 18.5 Å². The molecule has 1 fully saturated rings. The lowest BCUT2D eigenvalue weighted by atomic mass is 9.96. The Kier molecular flexibility index (Phi) is 8.65. The molecule has 0 spiro atoms. The van der Waals surface area contributed by atoms with Crippen LogP contribution in [0.5, 0.6) is 0 Å². The molecule has 1 aliphatic rings. The van der Waals surface area contributed by atoms with Gasteiger partial charge in [-0.1, -0.05) is 19.0 Å². The summed E-state index contributed by atoms with van der Waals surface area (Å²) in [4.78, 5) is 43.6. The number of halogens is 1. The number of anilines is 1. The second-order valence-corrected chi connectivity index (χ2v) is 9.33. The van der Waals surface area contributed by atoms with E-state index in [-0.39, 0.29) is 5.82 Å². The van der Waals surface area contributed by atoms with Gasteiger partial charge in [-0.15, -0.1) is 0 Å². The number of alkyl carbamates (subject to hydrolysis) is 1. The first-order chi connectivity index (χ1) is 16.2. The first-order valence-corrected chi connectivity index (χ1v) is 10.7. The van der Waals surface area contributed by atoms with Crippen molar-refractivity contribution in [1.82, 2.24) is 14.9 Å². The molecule has 0 bridgehead atoms. The van der Waals surface area contributed by atoms with Crippen LogP contribution >= 0.6 is 0 Å². The van der Waals surface area contributed by atoms with Crippen LogP contribution < -0.4 is 16.7 Å². The average Bonchev–Trinajstić information content (AvgIpc) is 3.01. The molecule has 15 heteroatoms. The summed E-state index contributed by atoms with van der Waals surface area (Å²) in [5.74, 6) is -1.67. The number of nitrogens with two attached hydrogens (primary N) is 1. The van der Waals surface area contributed by atoms with E-state index < -0.39 is 72.6 Å². The molecule has 0 unspecified atom stereocenters. The van der Waals surface area contributed by atoms with E-state index in [0.717, 1.165) is 10.8 Å². The zero-order valence-electron chi connectivity index (χ0n) is 20.0. The molecule has 0 radical (unpaired) electrons. The summed E-state index contributed by atoms with van der Waals surface area (Å²) in [6.07, 6.45) is -5.47. The van der Waals surface area contributed by atoms with Gasteiger partial charge < -0.3 is 30.4 Å². The first-order valence-electron chi connectivity index (χ1n) is 10.7. The zero-order valence-corrected chi connectivity index (χ0v) is 20.0. The number of carbonyl (C=O) groups is 2. The SMILES string of the molecule is CC(C)[C@H](NC(=O)OC(C)(C)C)C(=O)O[C@H]1[C@@H](F)[C@H](n2ccc(N)nc2=O)O[C@@]1(CO)CN=[N+]=[N-]. The van der Waals surface area contributed by atoms with E-state index in [2.05, 4.69) is 20.3 Å². The van der Waals surface area contributed by atoms with Crippen molar-refractivity contribution in [2.45, 2.75) is 70.4 Å². The summed E-state index contributed by atoms with van der Waals surface area (Å²) in [5, 5.41) is 15.8. The predicted octanol–water partition coefficient (Wildman–Crippen LogP) is 1.19. The van der Waals surface area contributed by atoms with Gasteiger partial charge >= 0.3 is 17.8 Å². The van der Waals surface area contributed by atoms with Crippen molar-refractivity contribution < 1.29 is 33.3 Å². The molecular formula is C20H30FN7O7. The Bertz CT molecular complexity index is 1040. The van der Waals surface area contributed by atoms with Gasteiger partial charge in [-0.3, -0.25) is 4.57 Å². The highest BCUT2D eigenvalue weighted by molar-refractivity contribution is 5.82. The van der Waals surface area contributed by atoms with E-state index in [4.69, 9.17) is 25.5 Å². The van der Waals surface area contributed by atoms with Gasteiger partial charge in [-0.05, 0) is 38.3 Å². The molecule has 1 amide bonds. The van der Waals surface area contributed by atoms with Crippen molar-refractivity contribution in [3.05, 3.63) is 33.2 Å². The molecule has 1 aromatic rings. The molecule has 14 nitrogen and oxygen atoms in total. The van der Waals surface area contributed by atoms with Crippen molar-refractivity contribution >= 4 is 17.9 Å². The highest BCUT2D eigenvalue weighted by Crippen LogP contribution is 2.41. The number of carbonyl (C=O) groups excluding carboxylic acids is 2. The van der Waals surface area contributed by atoms with E-state index in [1.807, 2.05) is 0 Å². The van der Waals surface area contributed by atoms with Crippen LogP contribution in [0.2, 0.25) is 0 Å². The largest absolute Gasteiger partial charge is 0.454 e.